The number of nitrogens with one attached hydrogen (secondary N) is 1. The maximum atomic E-state index is 10.6. The van der Waals surface area contributed by atoms with Crippen molar-refractivity contribution in [3.05, 3.63) is 64.5 Å². The molecule has 2 heterocycles. The van der Waals surface area contributed by atoms with Gasteiger partial charge in [0.15, 0.2) is 0 Å². The molecule has 0 aliphatic carbocycles. The topological polar surface area (TPSA) is 107 Å². The molecule has 2 aromatic heterocycles. The molecule has 0 amide bonds. The van der Waals surface area contributed by atoms with Gasteiger partial charge in [-0.1, -0.05) is 17.2 Å². The van der Waals surface area contributed by atoms with Crippen molar-refractivity contribution in [2.75, 3.05) is 5.32 Å². The number of rotatable bonds is 5. The van der Waals surface area contributed by atoms with Gasteiger partial charge in [0.2, 0.25) is 5.89 Å². The highest BCUT2D eigenvalue weighted by atomic mass is 16.6. The van der Waals surface area contributed by atoms with Gasteiger partial charge in [0, 0.05) is 36.6 Å². The van der Waals surface area contributed by atoms with Crippen LogP contribution in [0.2, 0.25) is 0 Å². The fraction of sp³-hybridized carbons (Fsp3) is 0.0714. The van der Waals surface area contributed by atoms with E-state index >= 15 is 0 Å². The molecule has 0 saturated heterocycles. The molecule has 0 aliphatic heterocycles. The number of non-ortho nitro benzene ring substituents is 1. The van der Waals surface area contributed by atoms with Crippen molar-refractivity contribution in [1.29, 1.82) is 0 Å². The second-order valence-electron chi connectivity index (χ2n) is 4.43. The van der Waals surface area contributed by atoms with Crippen molar-refractivity contribution in [3.8, 4) is 11.5 Å². The number of aromatic nitrogens is 3. The summed E-state index contributed by atoms with van der Waals surface area (Å²) in [7, 11) is 0. The Morgan fingerprint density at radius 2 is 1.82 bits per heavy atom. The molecule has 1 aromatic carbocycles. The third-order valence-electron chi connectivity index (χ3n) is 2.94. The molecule has 22 heavy (non-hydrogen) atoms. The van der Waals surface area contributed by atoms with Crippen molar-refractivity contribution in [1.82, 2.24) is 15.2 Å². The first kappa shape index (κ1) is 13.7. The first-order chi connectivity index (χ1) is 10.7. The predicted molar refractivity (Wildman–Crippen MR) is 78.0 cm³/mol. The van der Waals surface area contributed by atoms with E-state index in [0.717, 1.165) is 11.1 Å². The Balaban J connectivity index is 1.65. The molecule has 3 aromatic rings. The summed E-state index contributed by atoms with van der Waals surface area (Å²) in [6.45, 7) is 0.427. The van der Waals surface area contributed by atoms with Crippen molar-refractivity contribution in [2.45, 2.75) is 6.54 Å². The summed E-state index contributed by atoms with van der Waals surface area (Å²) in [6.07, 6.45) is 3.28. The molecule has 8 heteroatoms. The van der Waals surface area contributed by atoms with Crippen LogP contribution < -0.4 is 5.32 Å². The van der Waals surface area contributed by atoms with Gasteiger partial charge in [-0.2, -0.15) is 0 Å². The Labute approximate surface area is 125 Å². The highest BCUT2D eigenvalue weighted by Gasteiger charge is 2.08. The number of hydrogen-bond acceptors (Lipinski definition) is 7. The van der Waals surface area contributed by atoms with Gasteiger partial charge in [0.25, 0.3) is 5.69 Å². The molecule has 0 atom stereocenters. The van der Waals surface area contributed by atoms with Crippen molar-refractivity contribution in [2.24, 2.45) is 0 Å². The van der Waals surface area contributed by atoms with Gasteiger partial charge in [-0.3, -0.25) is 15.1 Å². The van der Waals surface area contributed by atoms with Crippen LogP contribution in [0, 0.1) is 10.1 Å². The lowest BCUT2D eigenvalue weighted by Gasteiger charge is -2.01. The standard InChI is InChI=1S/C14H11N5O3/c20-19(21)12-3-1-10(2-4-12)9-16-14-18-17-13(22-14)11-5-7-15-8-6-11/h1-8H,9H2,(H,16,18). The number of benzene rings is 1. The molecule has 110 valence electrons. The van der Waals surface area contributed by atoms with E-state index in [2.05, 4.69) is 20.5 Å². The summed E-state index contributed by atoms with van der Waals surface area (Å²) in [4.78, 5) is 14.1. The van der Waals surface area contributed by atoms with E-state index in [4.69, 9.17) is 4.42 Å². The van der Waals surface area contributed by atoms with Crippen molar-refractivity contribution < 1.29 is 9.34 Å². The van der Waals surface area contributed by atoms with E-state index in [9.17, 15) is 10.1 Å². The van der Waals surface area contributed by atoms with Crippen LogP contribution in [0.25, 0.3) is 11.5 Å². The van der Waals surface area contributed by atoms with E-state index in [1.165, 1.54) is 12.1 Å². The molecule has 8 nitrogen and oxygen atoms in total. The molecule has 0 bridgehead atoms. The van der Waals surface area contributed by atoms with Crippen LogP contribution in [0.5, 0.6) is 0 Å². The Hall–Kier alpha value is -3.29. The van der Waals surface area contributed by atoms with Gasteiger partial charge < -0.3 is 9.73 Å². The first-order valence-corrected chi connectivity index (χ1v) is 6.43. The Morgan fingerprint density at radius 1 is 1.09 bits per heavy atom. The molecule has 3 rings (SSSR count). The molecular formula is C14H11N5O3. The van der Waals surface area contributed by atoms with Crippen LogP contribution in [0.3, 0.4) is 0 Å². The number of nitro benzene ring substituents is 1. The van der Waals surface area contributed by atoms with E-state index in [1.54, 1.807) is 36.7 Å². The van der Waals surface area contributed by atoms with Gasteiger partial charge in [0.1, 0.15) is 0 Å². The molecule has 0 unspecified atom stereocenters. The summed E-state index contributed by atoms with van der Waals surface area (Å²) >= 11 is 0. The quantitative estimate of drug-likeness (QED) is 0.569. The lowest BCUT2D eigenvalue weighted by Crippen LogP contribution is -1.99. The molecule has 0 radical (unpaired) electrons. The minimum Gasteiger partial charge on any atom is -0.403 e. The van der Waals surface area contributed by atoms with Crippen LogP contribution in [-0.4, -0.2) is 20.1 Å². The van der Waals surface area contributed by atoms with Crippen LogP contribution in [0.4, 0.5) is 11.7 Å². The number of nitrogens with zero attached hydrogens (tertiary/aromatic N) is 4. The van der Waals surface area contributed by atoms with Gasteiger partial charge in [-0.15, -0.1) is 5.10 Å². The number of hydrogen-bond donors (Lipinski definition) is 1. The smallest absolute Gasteiger partial charge is 0.316 e. The zero-order valence-electron chi connectivity index (χ0n) is 11.3. The second-order valence-corrected chi connectivity index (χ2v) is 4.43. The largest absolute Gasteiger partial charge is 0.403 e. The lowest BCUT2D eigenvalue weighted by atomic mass is 10.2. The Kier molecular flexibility index (Phi) is 3.73. The minimum absolute atomic E-state index is 0.0570. The number of nitro groups is 1. The Morgan fingerprint density at radius 3 is 2.50 bits per heavy atom. The van der Waals surface area contributed by atoms with Gasteiger partial charge in [-0.05, 0) is 17.7 Å². The summed E-state index contributed by atoms with van der Waals surface area (Å²) in [6, 6.07) is 10.1. The molecule has 0 saturated carbocycles. The van der Waals surface area contributed by atoms with Gasteiger partial charge >= 0.3 is 6.01 Å². The zero-order valence-corrected chi connectivity index (χ0v) is 11.3. The van der Waals surface area contributed by atoms with Crippen molar-refractivity contribution in [3.63, 3.8) is 0 Å². The first-order valence-electron chi connectivity index (χ1n) is 6.43. The zero-order chi connectivity index (χ0) is 15.4. The van der Waals surface area contributed by atoms with Crippen LogP contribution in [-0.2, 0) is 6.54 Å². The lowest BCUT2D eigenvalue weighted by molar-refractivity contribution is -0.384. The van der Waals surface area contributed by atoms with Gasteiger partial charge in [0.05, 0.1) is 4.92 Å². The van der Waals surface area contributed by atoms with E-state index in [1.807, 2.05) is 0 Å². The molecule has 0 spiro atoms. The van der Waals surface area contributed by atoms with Gasteiger partial charge in [-0.25, -0.2) is 0 Å². The predicted octanol–water partition coefficient (Wildman–Crippen LogP) is 2.65. The summed E-state index contributed by atoms with van der Waals surface area (Å²) in [5.74, 6) is 0.397. The maximum absolute atomic E-state index is 10.6. The minimum atomic E-state index is -0.434. The highest BCUT2D eigenvalue weighted by Crippen LogP contribution is 2.19. The summed E-state index contributed by atoms with van der Waals surface area (Å²) < 4.78 is 5.48. The number of anilines is 1. The van der Waals surface area contributed by atoms with E-state index < -0.39 is 4.92 Å². The summed E-state index contributed by atoms with van der Waals surface area (Å²) in [5, 5.41) is 21.4. The molecule has 0 aliphatic rings. The van der Waals surface area contributed by atoms with Crippen LogP contribution in [0.1, 0.15) is 5.56 Å². The normalized spacial score (nSPS) is 10.4. The average molecular weight is 297 g/mol. The van der Waals surface area contributed by atoms with Crippen LogP contribution >= 0.6 is 0 Å². The molecule has 0 fully saturated rings. The molecular weight excluding hydrogens is 286 g/mol. The van der Waals surface area contributed by atoms with E-state index in [-0.39, 0.29) is 11.7 Å². The third kappa shape index (κ3) is 3.06. The fourth-order valence-electron chi connectivity index (χ4n) is 1.82. The maximum Gasteiger partial charge on any atom is 0.316 e. The third-order valence-corrected chi connectivity index (χ3v) is 2.94. The van der Waals surface area contributed by atoms with E-state index in [0.29, 0.717) is 12.4 Å². The highest BCUT2D eigenvalue weighted by molar-refractivity contribution is 5.51. The monoisotopic (exact) mass is 297 g/mol. The van der Waals surface area contributed by atoms with Crippen LogP contribution in [0.15, 0.2) is 53.2 Å². The average Bonchev–Trinajstić information content (AvgIpc) is 3.03. The second kappa shape index (κ2) is 6.00. The SMILES string of the molecule is O=[N+]([O-])c1ccc(CNc2nnc(-c3ccncc3)o2)cc1. The molecule has 1 N–H and O–H groups in total. The fourth-order valence-corrected chi connectivity index (χ4v) is 1.82. The Bertz CT molecular complexity index is 771. The summed E-state index contributed by atoms with van der Waals surface area (Å²) in [5.41, 5.74) is 1.71. The number of pyridine rings is 1. The van der Waals surface area contributed by atoms with Crippen molar-refractivity contribution >= 4 is 11.7 Å².